The minimum absolute atomic E-state index is 0.00709. The lowest BCUT2D eigenvalue weighted by Gasteiger charge is -2.11. The van der Waals surface area contributed by atoms with E-state index in [0.717, 1.165) is 11.3 Å². The van der Waals surface area contributed by atoms with Gasteiger partial charge in [0.25, 0.3) is 0 Å². The fraction of sp³-hybridized carbons (Fsp3) is 0.238. The number of ketones is 1. The first kappa shape index (κ1) is 19.2. The second kappa shape index (κ2) is 9.42. The third-order valence-corrected chi connectivity index (χ3v) is 3.65. The lowest BCUT2D eigenvalue weighted by molar-refractivity contribution is -0.139. The zero-order valence-corrected chi connectivity index (χ0v) is 15.2. The van der Waals surface area contributed by atoms with E-state index in [9.17, 15) is 9.59 Å². The molecule has 0 unspecified atom stereocenters. The van der Waals surface area contributed by atoms with Crippen molar-refractivity contribution in [1.29, 1.82) is 0 Å². The molecule has 5 heteroatoms. The van der Waals surface area contributed by atoms with Crippen molar-refractivity contribution >= 4 is 17.8 Å². The molecule has 0 atom stereocenters. The summed E-state index contributed by atoms with van der Waals surface area (Å²) < 4.78 is 16.0. The molecule has 0 aliphatic heterocycles. The summed E-state index contributed by atoms with van der Waals surface area (Å²) in [6, 6.07) is 14.8. The number of carbonyl (C=O) groups excluding carboxylic acids is 2. The maximum absolute atomic E-state index is 12.0. The number of Topliss-reactive ketones (excluding diaryl/α,β-unsaturated/α-hetero) is 1. The van der Waals surface area contributed by atoms with Gasteiger partial charge in [-0.05, 0) is 43.7 Å². The van der Waals surface area contributed by atoms with E-state index in [1.54, 1.807) is 26.2 Å². The van der Waals surface area contributed by atoms with Crippen molar-refractivity contribution in [3.8, 4) is 11.5 Å². The van der Waals surface area contributed by atoms with Crippen LogP contribution in [0.5, 0.6) is 11.5 Å². The van der Waals surface area contributed by atoms with Crippen molar-refractivity contribution in [2.24, 2.45) is 0 Å². The summed E-state index contributed by atoms with van der Waals surface area (Å²) in [5.41, 5.74) is 1.60. The monoisotopic (exact) mass is 354 g/mol. The molecule has 5 nitrogen and oxygen atoms in total. The molecule has 0 aromatic heterocycles. The molecule has 0 N–H and O–H groups in total. The van der Waals surface area contributed by atoms with E-state index in [0.29, 0.717) is 17.9 Å². The average molecular weight is 354 g/mol. The van der Waals surface area contributed by atoms with Crippen LogP contribution in [0.15, 0.2) is 54.1 Å². The van der Waals surface area contributed by atoms with E-state index < -0.39 is 5.97 Å². The van der Waals surface area contributed by atoms with Gasteiger partial charge in [-0.25, -0.2) is 4.79 Å². The Morgan fingerprint density at radius 2 is 1.73 bits per heavy atom. The predicted octanol–water partition coefficient (Wildman–Crippen LogP) is 3.81. The van der Waals surface area contributed by atoms with Crippen LogP contribution in [-0.2, 0) is 20.9 Å². The van der Waals surface area contributed by atoms with Crippen molar-refractivity contribution in [3.05, 3.63) is 65.2 Å². The van der Waals surface area contributed by atoms with E-state index in [1.807, 2.05) is 36.4 Å². The minimum Gasteiger partial charge on any atom is -0.497 e. The summed E-state index contributed by atoms with van der Waals surface area (Å²) in [5, 5.41) is 0. The molecule has 26 heavy (non-hydrogen) atoms. The third-order valence-electron chi connectivity index (χ3n) is 3.65. The average Bonchev–Trinajstić information content (AvgIpc) is 2.65. The van der Waals surface area contributed by atoms with E-state index in [4.69, 9.17) is 14.2 Å². The molecule has 0 fully saturated rings. The first-order valence-corrected chi connectivity index (χ1v) is 8.29. The normalized spacial score (nSPS) is 11.0. The Balaban J connectivity index is 2.21. The molecule has 0 aliphatic rings. The first-order chi connectivity index (χ1) is 12.5. The van der Waals surface area contributed by atoms with Gasteiger partial charge in [-0.2, -0.15) is 0 Å². The number of esters is 1. The summed E-state index contributed by atoms with van der Waals surface area (Å²) in [5.74, 6) is 0.363. The number of carbonyl (C=O) groups is 2. The standard InChI is InChI=1S/C21H22O5/c1-4-25-21(23)19(15(2)22)13-17-7-5-6-8-20(17)26-14-16-9-11-18(24-3)12-10-16/h5-13H,4,14H2,1-3H3. The van der Waals surface area contributed by atoms with E-state index in [1.165, 1.54) is 13.0 Å². The lowest BCUT2D eigenvalue weighted by Crippen LogP contribution is -2.13. The quantitative estimate of drug-likeness (QED) is 0.312. The molecule has 2 rings (SSSR count). The van der Waals surface area contributed by atoms with Crippen LogP contribution in [0.4, 0.5) is 0 Å². The van der Waals surface area contributed by atoms with Crippen LogP contribution >= 0.6 is 0 Å². The number of methoxy groups -OCH3 is 1. The SMILES string of the molecule is CCOC(=O)C(=Cc1ccccc1OCc1ccc(OC)cc1)C(C)=O. The van der Waals surface area contributed by atoms with Crippen LogP contribution < -0.4 is 9.47 Å². The fourth-order valence-corrected chi connectivity index (χ4v) is 2.28. The molecule has 0 radical (unpaired) electrons. The van der Waals surface area contributed by atoms with Crippen LogP contribution in [0.25, 0.3) is 6.08 Å². The highest BCUT2D eigenvalue weighted by Gasteiger charge is 2.16. The Hall–Kier alpha value is -3.08. The van der Waals surface area contributed by atoms with Crippen molar-refractivity contribution in [1.82, 2.24) is 0 Å². The molecule has 2 aromatic rings. The Morgan fingerprint density at radius 3 is 2.35 bits per heavy atom. The Kier molecular flexibility index (Phi) is 6.97. The molecular weight excluding hydrogens is 332 g/mol. The third kappa shape index (κ3) is 5.21. The molecule has 0 amide bonds. The second-order valence-corrected chi connectivity index (χ2v) is 5.51. The van der Waals surface area contributed by atoms with E-state index >= 15 is 0 Å². The van der Waals surface area contributed by atoms with Gasteiger partial charge in [0.05, 0.1) is 13.7 Å². The van der Waals surface area contributed by atoms with Crippen molar-refractivity contribution in [3.63, 3.8) is 0 Å². The zero-order valence-electron chi connectivity index (χ0n) is 15.2. The molecule has 0 bridgehead atoms. The highest BCUT2D eigenvalue weighted by Crippen LogP contribution is 2.23. The summed E-state index contributed by atoms with van der Waals surface area (Å²) >= 11 is 0. The van der Waals surface area contributed by atoms with Gasteiger partial charge in [0.2, 0.25) is 0 Å². The van der Waals surface area contributed by atoms with E-state index in [2.05, 4.69) is 0 Å². The van der Waals surface area contributed by atoms with Gasteiger partial charge in [0.1, 0.15) is 23.7 Å². The smallest absolute Gasteiger partial charge is 0.341 e. The molecule has 0 heterocycles. The van der Waals surface area contributed by atoms with Crippen molar-refractivity contribution in [2.45, 2.75) is 20.5 Å². The topological polar surface area (TPSA) is 61.8 Å². The molecular formula is C21H22O5. The van der Waals surface area contributed by atoms with Gasteiger partial charge < -0.3 is 14.2 Å². The predicted molar refractivity (Wildman–Crippen MR) is 99.1 cm³/mol. The maximum atomic E-state index is 12.0. The van der Waals surface area contributed by atoms with Gasteiger partial charge in [0.15, 0.2) is 5.78 Å². The van der Waals surface area contributed by atoms with Crippen LogP contribution in [0.3, 0.4) is 0 Å². The highest BCUT2D eigenvalue weighted by molar-refractivity contribution is 6.19. The Bertz CT molecular complexity index is 790. The van der Waals surface area contributed by atoms with Gasteiger partial charge in [0, 0.05) is 5.56 Å². The highest BCUT2D eigenvalue weighted by atomic mass is 16.5. The Morgan fingerprint density at radius 1 is 1.04 bits per heavy atom. The molecule has 0 saturated carbocycles. The number of benzene rings is 2. The second-order valence-electron chi connectivity index (χ2n) is 5.51. The largest absolute Gasteiger partial charge is 0.497 e. The summed E-state index contributed by atoms with van der Waals surface area (Å²) in [6.07, 6.45) is 1.50. The molecule has 0 saturated heterocycles. The fourth-order valence-electron chi connectivity index (χ4n) is 2.28. The van der Waals surface area contributed by atoms with Crippen LogP contribution in [-0.4, -0.2) is 25.5 Å². The summed E-state index contributed by atoms with van der Waals surface area (Å²) in [6.45, 7) is 3.59. The van der Waals surface area contributed by atoms with E-state index in [-0.39, 0.29) is 18.0 Å². The lowest BCUT2D eigenvalue weighted by atomic mass is 10.1. The van der Waals surface area contributed by atoms with Gasteiger partial charge in [-0.3, -0.25) is 4.79 Å². The number of ether oxygens (including phenoxy) is 3. The zero-order chi connectivity index (χ0) is 18.9. The first-order valence-electron chi connectivity index (χ1n) is 8.29. The Labute approximate surface area is 153 Å². The van der Waals surface area contributed by atoms with Gasteiger partial charge in [-0.1, -0.05) is 30.3 Å². The maximum Gasteiger partial charge on any atom is 0.341 e. The van der Waals surface area contributed by atoms with Crippen molar-refractivity contribution in [2.75, 3.05) is 13.7 Å². The summed E-state index contributed by atoms with van der Waals surface area (Å²) in [7, 11) is 1.62. The molecule has 2 aromatic carbocycles. The minimum atomic E-state index is -0.634. The molecule has 0 aliphatic carbocycles. The number of rotatable bonds is 8. The number of hydrogen-bond donors (Lipinski definition) is 0. The number of para-hydroxylation sites is 1. The number of hydrogen-bond acceptors (Lipinski definition) is 5. The molecule has 136 valence electrons. The molecule has 0 spiro atoms. The van der Waals surface area contributed by atoms with Crippen LogP contribution in [0.1, 0.15) is 25.0 Å². The van der Waals surface area contributed by atoms with Gasteiger partial charge in [-0.15, -0.1) is 0 Å². The van der Waals surface area contributed by atoms with Crippen LogP contribution in [0.2, 0.25) is 0 Å². The van der Waals surface area contributed by atoms with Crippen molar-refractivity contribution < 1.29 is 23.8 Å². The summed E-state index contributed by atoms with van der Waals surface area (Å²) in [4.78, 5) is 23.8. The van der Waals surface area contributed by atoms with Gasteiger partial charge >= 0.3 is 5.97 Å². The van der Waals surface area contributed by atoms with Crippen LogP contribution in [0, 0.1) is 0 Å².